The summed E-state index contributed by atoms with van der Waals surface area (Å²) in [5.41, 5.74) is 16.7. The lowest BCUT2D eigenvalue weighted by Crippen LogP contribution is -2.00. The molecule has 5 heteroatoms. The summed E-state index contributed by atoms with van der Waals surface area (Å²) >= 11 is 0. The van der Waals surface area contributed by atoms with E-state index in [0.29, 0.717) is 17.5 Å². The van der Waals surface area contributed by atoms with E-state index in [1.54, 1.807) is 0 Å². The quantitative estimate of drug-likeness (QED) is 0.153. The van der Waals surface area contributed by atoms with Crippen LogP contribution in [-0.2, 0) is 0 Å². The lowest BCUT2D eigenvalue weighted by molar-refractivity contribution is 0.669. The molecular formula is C63H40N4O. The fourth-order valence-electron chi connectivity index (χ4n) is 9.66. The molecule has 0 aliphatic carbocycles. The van der Waals surface area contributed by atoms with Crippen molar-refractivity contribution in [3.8, 4) is 84.4 Å². The van der Waals surface area contributed by atoms with Gasteiger partial charge in [-0.15, -0.1) is 0 Å². The van der Waals surface area contributed by atoms with Gasteiger partial charge in [-0.3, -0.25) is 0 Å². The molecule has 68 heavy (non-hydrogen) atoms. The molecular weight excluding hydrogens is 829 g/mol. The third-order valence-electron chi connectivity index (χ3n) is 13.0. The average molecular weight is 869 g/mol. The zero-order valence-corrected chi connectivity index (χ0v) is 36.8. The van der Waals surface area contributed by atoms with E-state index in [1.807, 2.05) is 12.1 Å². The Labute approximate surface area is 392 Å². The van der Waals surface area contributed by atoms with E-state index < -0.39 is 0 Å². The molecule has 3 aromatic heterocycles. The molecule has 10 aromatic carbocycles. The Balaban J connectivity index is 0.910. The SMILES string of the molecule is c1ccc(-c2cccc(-c3nc(-c4cccc(-c5ccccc5)c4)nc(-c4ccc5c(c4)oc4cc(-c6ccc7c8ccc(-c9ccccc9)cc8n(-c8ccccc8)c7c6)ccc45)n3)c2)cc1. The lowest BCUT2D eigenvalue weighted by Gasteiger charge is -2.10. The van der Waals surface area contributed by atoms with E-state index in [2.05, 4.69) is 235 Å². The Morgan fingerprint density at radius 3 is 1.04 bits per heavy atom. The van der Waals surface area contributed by atoms with Gasteiger partial charge in [0.05, 0.1) is 11.0 Å². The maximum Gasteiger partial charge on any atom is 0.164 e. The van der Waals surface area contributed by atoms with E-state index >= 15 is 0 Å². The summed E-state index contributed by atoms with van der Waals surface area (Å²) in [7, 11) is 0. The summed E-state index contributed by atoms with van der Waals surface area (Å²) in [6.07, 6.45) is 0. The Morgan fingerprint density at radius 1 is 0.250 bits per heavy atom. The van der Waals surface area contributed by atoms with Crippen LogP contribution in [0.1, 0.15) is 0 Å². The Bertz CT molecular complexity index is 3910. The third kappa shape index (κ3) is 7.02. The van der Waals surface area contributed by atoms with E-state index in [-0.39, 0.29) is 0 Å². The van der Waals surface area contributed by atoms with Gasteiger partial charge < -0.3 is 8.98 Å². The van der Waals surface area contributed by atoms with Crippen LogP contribution in [0, 0.1) is 0 Å². The minimum atomic E-state index is 0.571. The van der Waals surface area contributed by atoms with E-state index in [0.717, 1.165) is 83.2 Å². The molecule has 318 valence electrons. The Hall–Kier alpha value is -9.19. The van der Waals surface area contributed by atoms with Crippen molar-refractivity contribution >= 4 is 43.7 Å². The summed E-state index contributed by atoms with van der Waals surface area (Å²) in [4.78, 5) is 15.4. The van der Waals surface area contributed by atoms with Crippen molar-refractivity contribution in [3.05, 3.63) is 243 Å². The van der Waals surface area contributed by atoms with Crippen LogP contribution >= 0.6 is 0 Å². The highest BCUT2D eigenvalue weighted by molar-refractivity contribution is 6.12. The monoisotopic (exact) mass is 868 g/mol. The maximum absolute atomic E-state index is 6.74. The van der Waals surface area contributed by atoms with Crippen LogP contribution in [0.25, 0.3) is 128 Å². The molecule has 0 saturated heterocycles. The fourth-order valence-corrected chi connectivity index (χ4v) is 9.66. The van der Waals surface area contributed by atoms with Crippen LogP contribution in [0.2, 0.25) is 0 Å². The van der Waals surface area contributed by atoms with Crippen LogP contribution in [0.3, 0.4) is 0 Å². The first kappa shape index (κ1) is 39.2. The first-order valence-corrected chi connectivity index (χ1v) is 22.9. The number of rotatable bonds is 8. The smallest absolute Gasteiger partial charge is 0.164 e. The van der Waals surface area contributed by atoms with Gasteiger partial charge in [-0.25, -0.2) is 15.0 Å². The number of hydrogen-bond acceptors (Lipinski definition) is 4. The van der Waals surface area contributed by atoms with Gasteiger partial charge >= 0.3 is 0 Å². The number of hydrogen-bond donors (Lipinski definition) is 0. The zero-order chi connectivity index (χ0) is 45.0. The van der Waals surface area contributed by atoms with Crippen molar-refractivity contribution in [1.82, 2.24) is 19.5 Å². The molecule has 0 bridgehead atoms. The second-order valence-corrected chi connectivity index (χ2v) is 17.2. The van der Waals surface area contributed by atoms with Crippen LogP contribution in [0.5, 0.6) is 0 Å². The second kappa shape index (κ2) is 16.4. The molecule has 0 fully saturated rings. The molecule has 0 aliphatic rings. The highest BCUT2D eigenvalue weighted by Gasteiger charge is 2.18. The molecule has 3 heterocycles. The molecule has 0 N–H and O–H groups in total. The summed E-state index contributed by atoms with van der Waals surface area (Å²) in [5.74, 6) is 1.77. The number of nitrogens with zero attached hydrogens (tertiary/aromatic N) is 4. The second-order valence-electron chi connectivity index (χ2n) is 17.2. The van der Waals surface area contributed by atoms with Crippen LogP contribution in [0.15, 0.2) is 247 Å². The highest BCUT2D eigenvalue weighted by atomic mass is 16.3. The molecule has 13 aromatic rings. The molecule has 0 aliphatic heterocycles. The van der Waals surface area contributed by atoms with Crippen LogP contribution in [-0.4, -0.2) is 19.5 Å². The predicted molar refractivity (Wildman–Crippen MR) is 279 cm³/mol. The minimum absolute atomic E-state index is 0.571. The maximum atomic E-state index is 6.74. The van der Waals surface area contributed by atoms with Gasteiger partial charge in [0, 0.05) is 43.9 Å². The van der Waals surface area contributed by atoms with Crippen molar-refractivity contribution in [2.75, 3.05) is 0 Å². The van der Waals surface area contributed by atoms with Crippen molar-refractivity contribution in [2.24, 2.45) is 0 Å². The summed E-state index contributed by atoms with van der Waals surface area (Å²) in [6.45, 7) is 0. The average Bonchev–Trinajstić information content (AvgIpc) is 3.96. The molecule has 0 saturated carbocycles. The van der Waals surface area contributed by atoms with Crippen molar-refractivity contribution < 1.29 is 4.42 Å². The highest BCUT2D eigenvalue weighted by Crippen LogP contribution is 2.40. The van der Waals surface area contributed by atoms with Gasteiger partial charge in [-0.05, 0) is 105 Å². The first-order chi connectivity index (χ1) is 33.7. The van der Waals surface area contributed by atoms with Gasteiger partial charge in [0.15, 0.2) is 17.5 Å². The lowest BCUT2D eigenvalue weighted by atomic mass is 10.0. The molecule has 0 radical (unpaired) electrons. The predicted octanol–water partition coefficient (Wildman–Crippen LogP) is 16.5. The van der Waals surface area contributed by atoms with E-state index in [9.17, 15) is 0 Å². The minimum Gasteiger partial charge on any atom is -0.456 e. The van der Waals surface area contributed by atoms with Crippen LogP contribution in [0.4, 0.5) is 0 Å². The van der Waals surface area contributed by atoms with Gasteiger partial charge in [0.2, 0.25) is 0 Å². The molecule has 0 spiro atoms. The summed E-state index contributed by atoms with van der Waals surface area (Å²) < 4.78 is 9.13. The molecule has 0 amide bonds. The zero-order valence-electron chi connectivity index (χ0n) is 36.8. The van der Waals surface area contributed by atoms with Crippen molar-refractivity contribution in [2.45, 2.75) is 0 Å². The summed E-state index contributed by atoms with van der Waals surface area (Å²) in [6, 6.07) is 85.3. The number of fused-ring (bicyclic) bond motifs is 6. The molecule has 13 rings (SSSR count). The Kier molecular flexibility index (Phi) is 9.43. The van der Waals surface area contributed by atoms with E-state index in [4.69, 9.17) is 19.4 Å². The largest absolute Gasteiger partial charge is 0.456 e. The summed E-state index contributed by atoms with van der Waals surface area (Å²) in [5, 5.41) is 4.51. The fraction of sp³-hybridized carbons (Fsp3) is 0. The van der Waals surface area contributed by atoms with E-state index in [1.165, 1.54) is 27.4 Å². The number of benzene rings is 10. The molecule has 5 nitrogen and oxygen atoms in total. The van der Waals surface area contributed by atoms with Gasteiger partial charge in [0.1, 0.15) is 11.2 Å². The standard InChI is InChI=1S/C63H40N4O/c1-5-15-41(16-6-1)44-21-13-23-49(35-44)61-64-62(50-24-14-22-45(36-50)42-17-7-2-8-18-42)66-63(65-61)51-30-34-56-55-33-29-48(39-59(55)68-60(56)40-51)47-28-32-54-53-31-27-46(43-19-9-3-10-20-43)37-57(53)67(58(54)38-47)52-25-11-4-12-26-52/h1-40H. The Morgan fingerprint density at radius 2 is 0.574 bits per heavy atom. The molecule has 0 atom stereocenters. The van der Waals surface area contributed by atoms with Crippen molar-refractivity contribution in [1.29, 1.82) is 0 Å². The molecule has 0 unspecified atom stereocenters. The topological polar surface area (TPSA) is 56.7 Å². The normalized spacial score (nSPS) is 11.5. The number of para-hydroxylation sites is 1. The van der Waals surface area contributed by atoms with Gasteiger partial charge in [-0.1, -0.05) is 182 Å². The van der Waals surface area contributed by atoms with Gasteiger partial charge in [0.25, 0.3) is 0 Å². The van der Waals surface area contributed by atoms with Crippen molar-refractivity contribution in [3.63, 3.8) is 0 Å². The van der Waals surface area contributed by atoms with Crippen LogP contribution < -0.4 is 0 Å². The van der Waals surface area contributed by atoms with Gasteiger partial charge in [-0.2, -0.15) is 0 Å². The first-order valence-electron chi connectivity index (χ1n) is 22.9. The number of aromatic nitrogens is 4. The third-order valence-corrected chi connectivity index (χ3v) is 13.0. The number of furan rings is 1.